The molecule has 1 aromatic rings. The Labute approximate surface area is 135 Å². The summed E-state index contributed by atoms with van der Waals surface area (Å²) in [7, 11) is -2.59. The maximum absolute atomic E-state index is 11.7. The molecule has 1 rings (SSSR count). The molecule has 0 aromatic heterocycles. The number of thioether (sulfide) groups is 1. The van der Waals surface area contributed by atoms with Crippen molar-refractivity contribution in [3.05, 3.63) is 29.8 Å². The molecule has 0 bridgehead atoms. The molecule has 0 radical (unpaired) electrons. The Hall–Kier alpha value is -1.54. The fraction of sp³-hybridized carbons (Fsp3) is 0.429. The van der Waals surface area contributed by atoms with Crippen LogP contribution in [0.4, 0.5) is 0 Å². The van der Waals surface area contributed by atoms with Crippen LogP contribution in [0.25, 0.3) is 0 Å². The zero-order chi connectivity index (χ0) is 16.6. The number of rotatable bonds is 6. The summed E-state index contributed by atoms with van der Waals surface area (Å²) in [5.41, 5.74) is 1.07. The molecule has 0 aliphatic rings. The number of hydrogen-bond acceptors (Lipinski definition) is 7. The van der Waals surface area contributed by atoms with Crippen molar-refractivity contribution in [2.45, 2.75) is 31.6 Å². The molecule has 0 aliphatic carbocycles. The minimum atomic E-state index is -3.79. The van der Waals surface area contributed by atoms with E-state index in [1.54, 1.807) is 12.1 Å². The summed E-state index contributed by atoms with van der Waals surface area (Å²) >= 11 is 0.981. The summed E-state index contributed by atoms with van der Waals surface area (Å²) in [6, 6.07) is 7.33. The molecule has 0 spiro atoms. The number of carbonyl (C=O) groups excluding carboxylic acids is 1. The molecule has 8 heteroatoms. The van der Waals surface area contributed by atoms with E-state index in [1.807, 2.05) is 26.0 Å². The fourth-order valence-corrected chi connectivity index (χ4v) is 3.04. The molecule has 0 saturated carbocycles. The molecule has 0 N–H and O–H groups in total. The molecule has 22 heavy (non-hydrogen) atoms. The van der Waals surface area contributed by atoms with Gasteiger partial charge in [-0.25, -0.2) is 4.79 Å². The molecule has 0 saturated heterocycles. The van der Waals surface area contributed by atoms with Gasteiger partial charge in [-0.2, -0.15) is 8.42 Å². The lowest BCUT2D eigenvalue weighted by molar-refractivity contribution is -0.132. The van der Waals surface area contributed by atoms with Gasteiger partial charge in [0.05, 0.1) is 12.9 Å². The Balaban J connectivity index is 2.86. The third-order valence-electron chi connectivity index (χ3n) is 2.58. The zero-order valence-electron chi connectivity index (χ0n) is 12.7. The lowest BCUT2D eigenvalue weighted by atomic mass is 10.2. The molecular weight excluding hydrogens is 326 g/mol. The summed E-state index contributed by atoms with van der Waals surface area (Å²) in [5.74, 6) is -0.896. The van der Waals surface area contributed by atoms with Gasteiger partial charge in [0.15, 0.2) is 0 Å². The van der Waals surface area contributed by atoms with Crippen LogP contribution in [0.2, 0.25) is 0 Å². The van der Waals surface area contributed by atoms with Gasteiger partial charge in [0.25, 0.3) is 0 Å². The summed E-state index contributed by atoms with van der Waals surface area (Å²) in [6.45, 7) is 3.80. The van der Waals surface area contributed by atoms with Crippen molar-refractivity contribution in [2.75, 3.05) is 12.9 Å². The molecule has 0 aliphatic heterocycles. The van der Waals surface area contributed by atoms with Gasteiger partial charge >= 0.3 is 16.1 Å². The average Bonchev–Trinajstić information content (AvgIpc) is 2.50. The highest BCUT2D eigenvalue weighted by Gasteiger charge is 2.18. The van der Waals surface area contributed by atoms with Crippen LogP contribution >= 0.6 is 11.8 Å². The molecule has 0 unspecified atom stereocenters. The summed E-state index contributed by atoms with van der Waals surface area (Å²) in [5, 5.41) is 3.28. The smallest absolute Gasteiger partial charge is 0.367 e. The fourth-order valence-electron chi connectivity index (χ4n) is 1.35. The first-order chi connectivity index (χ1) is 10.4. The summed E-state index contributed by atoms with van der Waals surface area (Å²) in [4.78, 5) is 12.4. The minimum absolute atomic E-state index is 0.142. The lowest BCUT2D eigenvalue weighted by Gasteiger charge is -2.05. The molecule has 0 amide bonds. The number of oxime groups is 1. The lowest BCUT2D eigenvalue weighted by Crippen LogP contribution is -2.15. The van der Waals surface area contributed by atoms with E-state index in [1.165, 1.54) is 7.11 Å². The molecule has 1 aromatic carbocycles. The molecular formula is C14H19NO5S2. The first-order valence-corrected chi connectivity index (χ1v) is 9.09. The van der Waals surface area contributed by atoms with Crippen LogP contribution in [0.5, 0.6) is 0 Å². The molecule has 0 atom stereocenters. The van der Waals surface area contributed by atoms with E-state index in [9.17, 15) is 13.2 Å². The van der Waals surface area contributed by atoms with Crippen LogP contribution in [0, 0.1) is 6.92 Å². The number of nitrogens with zero attached hydrogens (tertiary/aromatic N) is 1. The van der Waals surface area contributed by atoms with Crippen LogP contribution in [0.1, 0.15) is 25.3 Å². The van der Waals surface area contributed by atoms with Crippen molar-refractivity contribution in [2.24, 2.45) is 5.16 Å². The first kappa shape index (κ1) is 18.5. The van der Waals surface area contributed by atoms with Gasteiger partial charge in [0, 0.05) is 4.90 Å². The van der Waals surface area contributed by atoms with Crippen molar-refractivity contribution in [3.8, 4) is 0 Å². The van der Waals surface area contributed by atoms with Gasteiger partial charge in [-0.05, 0) is 25.5 Å². The number of ether oxygens (including phenoxy) is 1. The third kappa shape index (κ3) is 6.48. The Morgan fingerprint density at radius 3 is 2.45 bits per heavy atom. The van der Waals surface area contributed by atoms with Gasteiger partial charge in [0.1, 0.15) is 0 Å². The van der Waals surface area contributed by atoms with E-state index in [0.29, 0.717) is 12.8 Å². The zero-order valence-corrected chi connectivity index (χ0v) is 14.4. The number of methoxy groups -OCH3 is 1. The Bertz CT molecular complexity index is 623. The normalized spacial score (nSPS) is 12.0. The Morgan fingerprint density at radius 1 is 1.27 bits per heavy atom. The van der Waals surface area contributed by atoms with E-state index in [0.717, 1.165) is 22.2 Å². The number of aryl methyl sites for hydroxylation is 1. The molecule has 0 fully saturated rings. The highest BCUT2D eigenvalue weighted by Crippen LogP contribution is 2.21. The predicted octanol–water partition coefficient (Wildman–Crippen LogP) is 2.72. The summed E-state index contributed by atoms with van der Waals surface area (Å²) in [6.07, 6.45) is 1.19. The van der Waals surface area contributed by atoms with Crippen LogP contribution in [0.3, 0.4) is 0 Å². The van der Waals surface area contributed by atoms with E-state index in [-0.39, 0.29) is 10.8 Å². The van der Waals surface area contributed by atoms with Crippen LogP contribution in [-0.2, 0) is 23.9 Å². The van der Waals surface area contributed by atoms with Crippen molar-refractivity contribution >= 4 is 32.9 Å². The maximum Gasteiger partial charge on any atom is 0.367 e. The minimum Gasteiger partial charge on any atom is -0.464 e. The number of benzene rings is 1. The van der Waals surface area contributed by atoms with Gasteiger partial charge in [-0.3, -0.25) is 4.28 Å². The van der Waals surface area contributed by atoms with Crippen molar-refractivity contribution in [3.63, 3.8) is 0 Å². The second-order valence-corrected chi connectivity index (χ2v) is 7.23. The van der Waals surface area contributed by atoms with E-state index in [2.05, 4.69) is 14.2 Å². The highest BCUT2D eigenvalue weighted by atomic mass is 32.2. The highest BCUT2D eigenvalue weighted by molar-refractivity contribution is 8.15. The van der Waals surface area contributed by atoms with Gasteiger partial charge < -0.3 is 4.74 Å². The topological polar surface area (TPSA) is 82.0 Å². The predicted molar refractivity (Wildman–Crippen MR) is 86.3 cm³/mol. The van der Waals surface area contributed by atoms with Gasteiger partial charge in [-0.15, -0.1) is 0 Å². The number of unbranched alkanes of at least 4 members (excludes halogenated alkanes) is 1. The third-order valence-corrected chi connectivity index (χ3v) is 4.61. The second-order valence-electron chi connectivity index (χ2n) is 4.49. The van der Waals surface area contributed by atoms with Crippen LogP contribution in [0.15, 0.2) is 34.3 Å². The van der Waals surface area contributed by atoms with E-state index >= 15 is 0 Å². The Kier molecular flexibility index (Phi) is 7.40. The van der Waals surface area contributed by atoms with Gasteiger partial charge in [-0.1, -0.05) is 48.0 Å². The van der Waals surface area contributed by atoms with Gasteiger partial charge in [0.2, 0.25) is 5.04 Å². The van der Waals surface area contributed by atoms with Crippen LogP contribution in [-0.4, -0.2) is 32.3 Å². The Morgan fingerprint density at radius 2 is 1.91 bits per heavy atom. The van der Waals surface area contributed by atoms with Crippen molar-refractivity contribution in [1.29, 1.82) is 0 Å². The standard InChI is InChI=1S/C14H19NO5S2/c1-4-5-10-22(17,18)20-15-13(14(16)19-3)21-12-8-6-11(2)7-9-12/h6-9H,4-5,10H2,1-3H3/b15-13-. The van der Waals surface area contributed by atoms with Crippen molar-refractivity contribution < 1.29 is 22.2 Å². The quantitative estimate of drug-likeness (QED) is 0.259. The largest absolute Gasteiger partial charge is 0.464 e. The average molecular weight is 345 g/mol. The van der Waals surface area contributed by atoms with E-state index in [4.69, 9.17) is 0 Å². The number of hydrogen-bond donors (Lipinski definition) is 0. The molecule has 122 valence electrons. The second kappa shape index (κ2) is 8.79. The summed E-state index contributed by atoms with van der Waals surface area (Å²) < 4.78 is 32.4. The molecule has 0 heterocycles. The molecule has 6 nitrogen and oxygen atoms in total. The van der Waals surface area contributed by atoms with Crippen molar-refractivity contribution in [1.82, 2.24) is 0 Å². The van der Waals surface area contributed by atoms with E-state index < -0.39 is 16.1 Å². The number of carbonyl (C=O) groups is 1. The number of esters is 1. The first-order valence-electron chi connectivity index (χ1n) is 6.70. The maximum atomic E-state index is 11.7. The van der Waals surface area contributed by atoms with Crippen LogP contribution < -0.4 is 0 Å². The SMILES string of the molecule is CCCCS(=O)(=O)O/N=C(\Sc1ccc(C)cc1)C(=O)OC. The monoisotopic (exact) mass is 345 g/mol.